The first kappa shape index (κ1) is 24.7. The smallest absolute Gasteiger partial charge is 0.394 e. The molecule has 1 aromatic carbocycles. The minimum Gasteiger partial charge on any atom is -0.394 e. The topological polar surface area (TPSA) is 116 Å². The second-order valence-electron chi connectivity index (χ2n) is 7.79. The SMILES string of the molecule is CC1(S(=O)(=O)c2cccc(C(F)(F)F)c2)CCOC(c2cc(C[SH](=O)=O)nn2CCO)C1. The molecular weight excluding hydrogens is 473 g/mol. The third-order valence-electron chi connectivity index (χ3n) is 5.48. The highest BCUT2D eigenvalue weighted by atomic mass is 32.2. The lowest BCUT2D eigenvalue weighted by molar-refractivity contribution is -0.137. The van der Waals surface area contributed by atoms with Crippen LogP contribution in [0.2, 0.25) is 0 Å². The van der Waals surface area contributed by atoms with Crippen molar-refractivity contribution in [3.05, 3.63) is 47.3 Å². The maximum absolute atomic E-state index is 13.4. The molecule has 178 valence electrons. The van der Waals surface area contributed by atoms with Crippen molar-refractivity contribution in [1.82, 2.24) is 9.78 Å². The minimum absolute atomic E-state index is 0.0226. The van der Waals surface area contributed by atoms with E-state index in [1.165, 1.54) is 17.7 Å². The third-order valence-corrected chi connectivity index (χ3v) is 8.61. The first-order valence-electron chi connectivity index (χ1n) is 9.70. The molecule has 2 atom stereocenters. The summed E-state index contributed by atoms with van der Waals surface area (Å²) in [5.41, 5.74) is -0.430. The summed E-state index contributed by atoms with van der Waals surface area (Å²) < 4.78 is 93.8. The summed E-state index contributed by atoms with van der Waals surface area (Å²) in [5, 5.41) is 13.4. The summed E-state index contributed by atoms with van der Waals surface area (Å²) in [5.74, 6) is -0.326. The second-order valence-corrected chi connectivity index (χ2v) is 11.2. The molecule has 13 heteroatoms. The molecule has 0 radical (unpaired) electrons. The molecule has 0 bridgehead atoms. The highest BCUT2D eigenvalue weighted by Crippen LogP contribution is 2.43. The summed E-state index contributed by atoms with van der Waals surface area (Å²) in [6.07, 6.45) is -5.49. The van der Waals surface area contributed by atoms with Crippen LogP contribution in [0.4, 0.5) is 13.2 Å². The second kappa shape index (κ2) is 9.12. The van der Waals surface area contributed by atoms with Crippen LogP contribution in [-0.4, -0.2) is 49.7 Å². The van der Waals surface area contributed by atoms with Gasteiger partial charge in [0.1, 0.15) is 16.8 Å². The fourth-order valence-electron chi connectivity index (χ4n) is 3.76. The quantitative estimate of drug-likeness (QED) is 0.564. The number of rotatable bonds is 7. The van der Waals surface area contributed by atoms with E-state index in [-0.39, 0.29) is 44.0 Å². The van der Waals surface area contributed by atoms with Gasteiger partial charge in [-0.25, -0.2) is 16.8 Å². The van der Waals surface area contributed by atoms with E-state index in [1.807, 2.05) is 0 Å². The first-order valence-corrected chi connectivity index (χ1v) is 12.5. The molecule has 2 unspecified atom stereocenters. The minimum atomic E-state index is -4.68. The van der Waals surface area contributed by atoms with E-state index in [2.05, 4.69) is 5.10 Å². The summed E-state index contributed by atoms with van der Waals surface area (Å²) in [7, 11) is -6.93. The van der Waals surface area contributed by atoms with Gasteiger partial charge in [-0.1, -0.05) is 6.07 Å². The molecule has 2 aromatic rings. The van der Waals surface area contributed by atoms with Crippen LogP contribution in [0.1, 0.15) is 42.8 Å². The van der Waals surface area contributed by atoms with E-state index in [4.69, 9.17) is 4.74 Å². The molecule has 1 fully saturated rings. The van der Waals surface area contributed by atoms with Crippen LogP contribution in [-0.2, 0) is 43.8 Å². The average Bonchev–Trinajstić information content (AvgIpc) is 3.09. The Labute approximate surface area is 184 Å². The van der Waals surface area contributed by atoms with Crippen molar-refractivity contribution < 1.29 is 39.9 Å². The zero-order valence-electron chi connectivity index (χ0n) is 17.1. The van der Waals surface area contributed by atoms with E-state index >= 15 is 0 Å². The number of aliphatic hydroxyl groups excluding tert-OH is 1. The number of aromatic nitrogens is 2. The van der Waals surface area contributed by atoms with E-state index in [1.54, 1.807) is 0 Å². The van der Waals surface area contributed by atoms with Crippen molar-refractivity contribution in [3.63, 3.8) is 0 Å². The van der Waals surface area contributed by atoms with Gasteiger partial charge in [0.15, 0.2) is 9.84 Å². The van der Waals surface area contributed by atoms with Crippen molar-refractivity contribution in [3.8, 4) is 0 Å². The summed E-state index contributed by atoms with van der Waals surface area (Å²) in [6.45, 7) is 1.24. The van der Waals surface area contributed by atoms with Crippen molar-refractivity contribution in [1.29, 1.82) is 0 Å². The average molecular weight is 497 g/mol. The van der Waals surface area contributed by atoms with E-state index < -0.39 is 48.0 Å². The van der Waals surface area contributed by atoms with Gasteiger partial charge >= 0.3 is 6.18 Å². The van der Waals surface area contributed by atoms with Crippen molar-refractivity contribution in [2.24, 2.45) is 0 Å². The molecule has 1 aliphatic rings. The van der Waals surface area contributed by atoms with Gasteiger partial charge in [0.25, 0.3) is 0 Å². The summed E-state index contributed by atoms with van der Waals surface area (Å²) >= 11 is 0. The third kappa shape index (κ3) is 5.00. The van der Waals surface area contributed by atoms with Crippen molar-refractivity contribution in [2.45, 2.75) is 54.0 Å². The number of aliphatic hydroxyl groups is 1. The van der Waals surface area contributed by atoms with Crippen LogP contribution in [0.3, 0.4) is 0 Å². The summed E-state index contributed by atoms with van der Waals surface area (Å²) in [4.78, 5) is -0.427. The molecule has 1 aromatic heterocycles. The molecule has 0 spiro atoms. The van der Waals surface area contributed by atoms with Crippen LogP contribution in [0.25, 0.3) is 0 Å². The maximum atomic E-state index is 13.4. The van der Waals surface area contributed by atoms with Crippen molar-refractivity contribution in [2.75, 3.05) is 13.2 Å². The summed E-state index contributed by atoms with van der Waals surface area (Å²) in [6, 6.07) is 5.11. The number of hydrogen-bond acceptors (Lipinski definition) is 7. The first-order chi connectivity index (χ1) is 14.9. The van der Waals surface area contributed by atoms with E-state index in [9.17, 15) is 35.1 Å². The molecule has 0 aliphatic carbocycles. The predicted octanol–water partition coefficient (Wildman–Crippen LogP) is 2.09. The number of halogens is 3. The van der Waals surface area contributed by atoms with Gasteiger partial charge in [0.2, 0.25) is 0 Å². The molecule has 2 heterocycles. The Kier molecular flexibility index (Phi) is 7.03. The normalized spacial score (nSPS) is 22.4. The Balaban J connectivity index is 1.96. The largest absolute Gasteiger partial charge is 0.416 e. The zero-order chi connectivity index (χ0) is 23.7. The zero-order valence-corrected chi connectivity index (χ0v) is 18.8. The maximum Gasteiger partial charge on any atom is 0.416 e. The number of sulfone groups is 1. The van der Waals surface area contributed by atoms with Gasteiger partial charge in [0, 0.05) is 6.61 Å². The number of benzene rings is 1. The number of thiol groups is 1. The van der Waals surface area contributed by atoms with Crippen LogP contribution < -0.4 is 0 Å². The van der Waals surface area contributed by atoms with Gasteiger partial charge in [-0.15, -0.1) is 0 Å². The molecule has 3 rings (SSSR count). The monoisotopic (exact) mass is 496 g/mol. The molecule has 1 aliphatic heterocycles. The Morgan fingerprint density at radius 3 is 2.66 bits per heavy atom. The molecular formula is C19H23F3N2O6S2. The molecule has 8 nitrogen and oxygen atoms in total. The predicted molar refractivity (Wildman–Crippen MR) is 108 cm³/mol. The van der Waals surface area contributed by atoms with Gasteiger partial charge < -0.3 is 9.84 Å². The van der Waals surface area contributed by atoms with Gasteiger partial charge in [-0.3, -0.25) is 4.68 Å². The number of hydrogen-bond donors (Lipinski definition) is 2. The fourth-order valence-corrected chi connectivity index (χ4v) is 6.01. The standard InChI is InChI=1S/C19H23F3N2O6S2/c1-18(32(28,29)15-4-2-3-13(9-15)19(20,21)22)5-8-30-17(11-18)16-10-14(12-31(26)27)23-24(16)6-7-25/h2-4,9-10,17,25,31H,5-8,11-12H2,1H3. The van der Waals surface area contributed by atoms with E-state index in [0.29, 0.717) is 11.8 Å². The molecule has 1 N–H and O–H groups in total. The Bertz CT molecular complexity index is 1150. The Morgan fingerprint density at radius 2 is 2.03 bits per heavy atom. The lowest BCUT2D eigenvalue weighted by Crippen LogP contribution is -2.42. The lowest BCUT2D eigenvalue weighted by Gasteiger charge is -2.37. The highest BCUT2D eigenvalue weighted by molar-refractivity contribution is 7.92. The van der Waals surface area contributed by atoms with Gasteiger partial charge in [-0.2, -0.15) is 18.3 Å². The molecule has 0 amide bonds. The van der Waals surface area contributed by atoms with Crippen LogP contribution >= 0.6 is 0 Å². The van der Waals surface area contributed by atoms with Crippen LogP contribution in [0.15, 0.2) is 35.2 Å². The Morgan fingerprint density at radius 1 is 1.31 bits per heavy atom. The molecule has 1 saturated heterocycles. The number of ether oxygens (including phenoxy) is 1. The lowest BCUT2D eigenvalue weighted by atomic mass is 9.94. The van der Waals surface area contributed by atoms with Gasteiger partial charge in [0.05, 0.1) is 45.5 Å². The van der Waals surface area contributed by atoms with Gasteiger partial charge in [-0.05, 0) is 44.0 Å². The number of alkyl halides is 3. The molecule has 0 saturated carbocycles. The Hall–Kier alpha value is -1.96. The van der Waals surface area contributed by atoms with Crippen LogP contribution in [0.5, 0.6) is 0 Å². The fraction of sp³-hybridized carbons (Fsp3) is 0.526. The van der Waals surface area contributed by atoms with Crippen LogP contribution in [0, 0.1) is 0 Å². The van der Waals surface area contributed by atoms with E-state index in [0.717, 1.165) is 18.2 Å². The highest BCUT2D eigenvalue weighted by Gasteiger charge is 2.46. The molecule has 32 heavy (non-hydrogen) atoms. The van der Waals surface area contributed by atoms with Crippen molar-refractivity contribution >= 4 is 20.5 Å². The number of nitrogens with zero attached hydrogens (tertiary/aromatic N) is 2.